The maximum absolute atomic E-state index is 12.2. The minimum absolute atomic E-state index is 0.389. The van der Waals surface area contributed by atoms with Gasteiger partial charge in [0, 0.05) is 16.4 Å². The van der Waals surface area contributed by atoms with Gasteiger partial charge < -0.3 is 15.8 Å². The Morgan fingerprint density at radius 2 is 1.83 bits per heavy atom. The summed E-state index contributed by atoms with van der Waals surface area (Å²) >= 11 is 5.17. The first kappa shape index (κ1) is 20.3. The third-order valence-electron chi connectivity index (χ3n) is 4.80. The number of rotatable bonds is 6. The van der Waals surface area contributed by atoms with Gasteiger partial charge >= 0.3 is 5.97 Å². The van der Waals surface area contributed by atoms with Gasteiger partial charge in [0.25, 0.3) is 11.8 Å². The Morgan fingerprint density at radius 1 is 1.10 bits per heavy atom. The standard InChI is InChI=1S/C20H20N2O4S3/c21-17(24)16-13-2-1-3-14(13)29-18(16)22-15(23)10-26-19(25)11-4-6-12(7-5-11)20-27-8-9-28-20/h4-7,20H,1-3,8-10H2,(H2,21,24)(H,22,23). The number of aryl methyl sites for hydroxylation is 1. The van der Waals surface area contributed by atoms with Gasteiger partial charge in [0.15, 0.2) is 6.61 Å². The minimum Gasteiger partial charge on any atom is -0.452 e. The number of carbonyl (C=O) groups excluding carboxylic acids is 3. The number of nitrogens with two attached hydrogens (primary N) is 1. The van der Waals surface area contributed by atoms with Crippen molar-refractivity contribution in [1.82, 2.24) is 0 Å². The van der Waals surface area contributed by atoms with Crippen LogP contribution in [0.25, 0.3) is 0 Å². The van der Waals surface area contributed by atoms with Gasteiger partial charge in [0.1, 0.15) is 5.00 Å². The average Bonchev–Trinajstić information content (AvgIpc) is 3.43. The summed E-state index contributed by atoms with van der Waals surface area (Å²) in [6, 6.07) is 7.31. The molecule has 6 nitrogen and oxygen atoms in total. The van der Waals surface area contributed by atoms with E-state index >= 15 is 0 Å². The van der Waals surface area contributed by atoms with Gasteiger partial charge in [-0.2, -0.15) is 0 Å². The zero-order valence-corrected chi connectivity index (χ0v) is 18.0. The van der Waals surface area contributed by atoms with Crippen molar-refractivity contribution in [3.63, 3.8) is 0 Å². The summed E-state index contributed by atoms with van der Waals surface area (Å²) in [5, 5.41) is 3.11. The second kappa shape index (κ2) is 8.81. The molecule has 0 spiro atoms. The number of benzene rings is 1. The lowest BCUT2D eigenvalue weighted by Gasteiger charge is -2.10. The first-order chi connectivity index (χ1) is 14.0. The average molecular weight is 449 g/mol. The molecule has 2 amide bonds. The van der Waals surface area contributed by atoms with Crippen molar-refractivity contribution in [3.05, 3.63) is 51.4 Å². The quantitative estimate of drug-likeness (QED) is 0.655. The van der Waals surface area contributed by atoms with E-state index in [4.69, 9.17) is 10.5 Å². The summed E-state index contributed by atoms with van der Waals surface area (Å²) < 4.78 is 5.55. The fourth-order valence-electron chi connectivity index (χ4n) is 3.46. The number of thioether (sulfide) groups is 2. The Morgan fingerprint density at radius 3 is 2.52 bits per heavy atom. The lowest BCUT2D eigenvalue weighted by Crippen LogP contribution is -2.22. The largest absolute Gasteiger partial charge is 0.452 e. The third kappa shape index (κ3) is 4.46. The molecule has 1 saturated heterocycles. The first-order valence-electron chi connectivity index (χ1n) is 9.27. The first-order valence-corrected chi connectivity index (χ1v) is 12.2. The molecule has 152 valence electrons. The van der Waals surface area contributed by atoms with E-state index in [1.54, 1.807) is 12.1 Å². The fraction of sp³-hybridized carbons (Fsp3) is 0.350. The van der Waals surface area contributed by atoms with E-state index in [0.29, 0.717) is 20.7 Å². The number of ether oxygens (including phenoxy) is 1. The molecule has 0 saturated carbocycles. The zero-order chi connectivity index (χ0) is 20.4. The van der Waals surface area contributed by atoms with Gasteiger partial charge in [-0.1, -0.05) is 12.1 Å². The van der Waals surface area contributed by atoms with Crippen molar-refractivity contribution in [2.24, 2.45) is 5.73 Å². The van der Waals surface area contributed by atoms with Crippen LogP contribution >= 0.6 is 34.9 Å². The number of hydrogen-bond donors (Lipinski definition) is 2. The SMILES string of the molecule is NC(=O)c1c(NC(=O)COC(=O)c2ccc(C3SCCS3)cc2)sc2c1CCC2. The molecule has 2 aliphatic rings. The van der Waals surface area contributed by atoms with Gasteiger partial charge in [-0.15, -0.1) is 34.9 Å². The van der Waals surface area contributed by atoms with E-state index < -0.39 is 24.4 Å². The number of fused-ring (bicyclic) bond motifs is 1. The number of carbonyl (C=O) groups is 3. The number of amides is 2. The molecule has 0 unspecified atom stereocenters. The Kier molecular flexibility index (Phi) is 6.17. The van der Waals surface area contributed by atoms with E-state index in [2.05, 4.69) is 5.32 Å². The molecular formula is C20H20N2O4S3. The van der Waals surface area contributed by atoms with Crippen LogP contribution in [0.5, 0.6) is 0 Å². The summed E-state index contributed by atoms with van der Waals surface area (Å²) in [6.07, 6.45) is 2.67. The van der Waals surface area contributed by atoms with E-state index in [1.807, 2.05) is 35.7 Å². The summed E-state index contributed by atoms with van der Waals surface area (Å²) in [5.41, 5.74) is 8.40. The summed E-state index contributed by atoms with van der Waals surface area (Å²) in [7, 11) is 0. The highest BCUT2D eigenvalue weighted by atomic mass is 32.2. The number of hydrogen-bond acceptors (Lipinski definition) is 7. The normalized spacial score (nSPS) is 15.9. The second-order valence-corrected chi connectivity index (χ2v) is 10.6. The van der Waals surface area contributed by atoms with Crippen LogP contribution in [0, 0.1) is 0 Å². The van der Waals surface area contributed by atoms with Crippen LogP contribution in [0.15, 0.2) is 24.3 Å². The number of thiophene rings is 1. The predicted molar refractivity (Wildman–Crippen MR) is 118 cm³/mol. The Balaban J connectivity index is 1.34. The van der Waals surface area contributed by atoms with Crippen molar-refractivity contribution < 1.29 is 19.1 Å². The van der Waals surface area contributed by atoms with Crippen molar-refractivity contribution >= 4 is 57.6 Å². The fourth-order valence-corrected chi connectivity index (χ4v) is 7.63. The molecule has 29 heavy (non-hydrogen) atoms. The molecule has 9 heteroatoms. The summed E-state index contributed by atoms with van der Waals surface area (Å²) in [6.45, 7) is -0.421. The van der Waals surface area contributed by atoms with Crippen LogP contribution in [0.1, 0.15) is 47.7 Å². The number of esters is 1. The van der Waals surface area contributed by atoms with Gasteiger partial charge in [0.2, 0.25) is 0 Å². The molecule has 1 aliphatic heterocycles. The molecule has 0 atom stereocenters. The van der Waals surface area contributed by atoms with Crippen molar-refractivity contribution in [1.29, 1.82) is 0 Å². The predicted octanol–water partition coefficient (Wildman–Crippen LogP) is 3.61. The lowest BCUT2D eigenvalue weighted by molar-refractivity contribution is -0.119. The molecule has 1 fully saturated rings. The zero-order valence-electron chi connectivity index (χ0n) is 15.6. The highest BCUT2D eigenvalue weighted by Crippen LogP contribution is 2.45. The topological polar surface area (TPSA) is 98.5 Å². The molecule has 1 aliphatic carbocycles. The van der Waals surface area contributed by atoms with Gasteiger partial charge in [-0.05, 0) is 42.5 Å². The van der Waals surface area contributed by atoms with Crippen LogP contribution in [0.2, 0.25) is 0 Å². The Labute approximate surface area is 181 Å². The number of primary amides is 1. The van der Waals surface area contributed by atoms with Crippen molar-refractivity contribution in [3.8, 4) is 0 Å². The van der Waals surface area contributed by atoms with Crippen molar-refractivity contribution in [2.75, 3.05) is 23.4 Å². The Bertz CT molecular complexity index is 949. The monoisotopic (exact) mass is 448 g/mol. The highest BCUT2D eigenvalue weighted by Gasteiger charge is 2.26. The third-order valence-corrected chi connectivity index (χ3v) is 9.11. The van der Waals surface area contributed by atoms with Gasteiger partial charge in [-0.3, -0.25) is 9.59 Å². The maximum Gasteiger partial charge on any atom is 0.338 e. The van der Waals surface area contributed by atoms with E-state index in [1.165, 1.54) is 16.9 Å². The number of anilines is 1. The second-order valence-electron chi connectivity index (χ2n) is 6.75. The van der Waals surface area contributed by atoms with Gasteiger partial charge in [-0.25, -0.2) is 4.79 Å². The molecule has 1 aromatic carbocycles. The molecule has 2 aromatic rings. The van der Waals surface area contributed by atoms with Crippen LogP contribution in [0.3, 0.4) is 0 Å². The minimum atomic E-state index is -0.553. The summed E-state index contributed by atoms with van der Waals surface area (Å²) in [4.78, 5) is 37.4. The maximum atomic E-state index is 12.2. The van der Waals surface area contributed by atoms with E-state index in [-0.39, 0.29) is 0 Å². The molecule has 3 N–H and O–H groups in total. The molecule has 0 bridgehead atoms. The van der Waals surface area contributed by atoms with E-state index in [0.717, 1.165) is 41.2 Å². The van der Waals surface area contributed by atoms with Crippen LogP contribution < -0.4 is 11.1 Å². The highest BCUT2D eigenvalue weighted by molar-refractivity contribution is 8.19. The molecule has 2 heterocycles. The van der Waals surface area contributed by atoms with Crippen LogP contribution in [-0.2, 0) is 22.4 Å². The molecule has 1 aromatic heterocycles. The summed E-state index contributed by atoms with van der Waals surface area (Å²) in [5.74, 6) is 0.687. The van der Waals surface area contributed by atoms with Gasteiger partial charge in [0.05, 0.1) is 15.7 Å². The molecule has 0 radical (unpaired) electrons. The molecular weight excluding hydrogens is 428 g/mol. The van der Waals surface area contributed by atoms with Crippen LogP contribution in [0.4, 0.5) is 5.00 Å². The number of nitrogens with one attached hydrogen (secondary N) is 1. The Hall–Kier alpha value is -1.97. The lowest BCUT2D eigenvalue weighted by atomic mass is 10.1. The molecule has 4 rings (SSSR count). The van der Waals surface area contributed by atoms with E-state index in [9.17, 15) is 14.4 Å². The van der Waals surface area contributed by atoms with Crippen LogP contribution in [-0.4, -0.2) is 35.9 Å². The smallest absolute Gasteiger partial charge is 0.338 e. The van der Waals surface area contributed by atoms with Crippen molar-refractivity contribution in [2.45, 2.75) is 23.8 Å².